The second kappa shape index (κ2) is 6.23. The fourth-order valence-electron chi connectivity index (χ4n) is 2.81. The van der Waals surface area contributed by atoms with Crippen molar-refractivity contribution in [3.05, 3.63) is 58.9 Å². The zero-order chi connectivity index (χ0) is 14.7. The van der Waals surface area contributed by atoms with Gasteiger partial charge in [-0.05, 0) is 56.0 Å². The standard InChI is InChI=1S/C19H22N2/c1-14-7-8-15(2)18(11-14)17-12-16-5-3-9-20-10-4-6-19(16)21-13-17/h3,5,7-8,11-13,20H,4,6,9-10H2,1-2H3/b5-3-. The van der Waals surface area contributed by atoms with Crippen molar-refractivity contribution in [2.75, 3.05) is 13.1 Å². The Labute approximate surface area is 126 Å². The molecular formula is C19H22N2. The quantitative estimate of drug-likeness (QED) is 0.855. The Hall–Kier alpha value is -1.93. The SMILES string of the molecule is Cc1ccc(C)c(-c2cnc3c(c2)/C=C\CNCCC3)c1. The number of rotatable bonds is 1. The maximum atomic E-state index is 4.73. The molecule has 1 aliphatic rings. The molecule has 0 spiro atoms. The average Bonchev–Trinajstić information content (AvgIpc) is 2.60. The number of hydrogen-bond acceptors (Lipinski definition) is 2. The van der Waals surface area contributed by atoms with E-state index in [0.29, 0.717) is 0 Å². The lowest BCUT2D eigenvalue weighted by atomic mass is 9.97. The van der Waals surface area contributed by atoms with Crippen LogP contribution in [0.25, 0.3) is 17.2 Å². The van der Waals surface area contributed by atoms with Gasteiger partial charge in [0.1, 0.15) is 0 Å². The van der Waals surface area contributed by atoms with E-state index in [2.05, 4.69) is 55.6 Å². The smallest absolute Gasteiger partial charge is 0.0476 e. The van der Waals surface area contributed by atoms with Crippen LogP contribution in [0, 0.1) is 13.8 Å². The van der Waals surface area contributed by atoms with Gasteiger partial charge in [0.2, 0.25) is 0 Å². The lowest BCUT2D eigenvalue weighted by Gasteiger charge is -2.11. The largest absolute Gasteiger partial charge is 0.313 e. The van der Waals surface area contributed by atoms with Gasteiger partial charge in [-0.2, -0.15) is 0 Å². The molecular weight excluding hydrogens is 256 g/mol. The summed E-state index contributed by atoms with van der Waals surface area (Å²) in [5, 5.41) is 3.41. The second-order valence-electron chi connectivity index (χ2n) is 5.79. The maximum Gasteiger partial charge on any atom is 0.0476 e. The van der Waals surface area contributed by atoms with Crippen LogP contribution in [0.1, 0.15) is 28.8 Å². The first kappa shape index (κ1) is 14.0. The van der Waals surface area contributed by atoms with Crippen molar-refractivity contribution in [2.45, 2.75) is 26.7 Å². The molecule has 1 aromatic carbocycles. The summed E-state index contributed by atoms with van der Waals surface area (Å²) in [7, 11) is 0. The van der Waals surface area contributed by atoms with E-state index in [0.717, 1.165) is 25.9 Å². The summed E-state index contributed by atoms with van der Waals surface area (Å²) in [6.45, 7) is 6.30. The van der Waals surface area contributed by atoms with Crippen LogP contribution in [0.2, 0.25) is 0 Å². The first-order chi connectivity index (χ1) is 10.2. The normalized spacial score (nSPS) is 16.5. The number of hydrogen-bond donors (Lipinski definition) is 1. The van der Waals surface area contributed by atoms with Crippen LogP contribution >= 0.6 is 0 Å². The first-order valence-corrected chi connectivity index (χ1v) is 7.68. The van der Waals surface area contributed by atoms with E-state index >= 15 is 0 Å². The van der Waals surface area contributed by atoms with Crippen LogP contribution in [0.3, 0.4) is 0 Å². The molecule has 2 heteroatoms. The minimum atomic E-state index is 0.938. The summed E-state index contributed by atoms with van der Waals surface area (Å²) in [6, 6.07) is 8.88. The van der Waals surface area contributed by atoms with Gasteiger partial charge in [0.15, 0.2) is 0 Å². The van der Waals surface area contributed by atoms with Crippen LogP contribution in [-0.4, -0.2) is 18.1 Å². The molecule has 1 aliphatic heterocycles. The van der Waals surface area contributed by atoms with Crippen LogP contribution in [0.4, 0.5) is 0 Å². The molecule has 21 heavy (non-hydrogen) atoms. The van der Waals surface area contributed by atoms with Gasteiger partial charge in [-0.15, -0.1) is 0 Å². The number of fused-ring (bicyclic) bond motifs is 1. The highest BCUT2D eigenvalue weighted by atomic mass is 14.8. The number of benzene rings is 1. The highest BCUT2D eigenvalue weighted by Gasteiger charge is 2.08. The van der Waals surface area contributed by atoms with E-state index in [-0.39, 0.29) is 0 Å². The van der Waals surface area contributed by atoms with E-state index in [9.17, 15) is 0 Å². The third kappa shape index (κ3) is 3.22. The van der Waals surface area contributed by atoms with Crippen LogP contribution in [0.5, 0.6) is 0 Å². The molecule has 0 radical (unpaired) electrons. The van der Waals surface area contributed by atoms with Gasteiger partial charge < -0.3 is 5.32 Å². The molecule has 3 rings (SSSR count). The van der Waals surface area contributed by atoms with Crippen molar-refractivity contribution < 1.29 is 0 Å². The monoisotopic (exact) mass is 278 g/mol. The average molecular weight is 278 g/mol. The Bertz CT molecular complexity index is 671. The van der Waals surface area contributed by atoms with Gasteiger partial charge in [0.25, 0.3) is 0 Å². The van der Waals surface area contributed by atoms with Gasteiger partial charge in [0, 0.05) is 24.0 Å². The Balaban J connectivity index is 2.05. The fraction of sp³-hybridized carbons (Fsp3) is 0.316. The van der Waals surface area contributed by atoms with Crippen LogP contribution < -0.4 is 5.32 Å². The van der Waals surface area contributed by atoms with Crippen molar-refractivity contribution in [3.8, 4) is 11.1 Å². The summed E-state index contributed by atoms with van der Waals surface area (Å²) >= 11 is 0. The molecule has 1 aromatic heterocycles. The van der Waals surface area contributed by atoms with E-state index in [1.54, 1.807) is 0 Å². The highest BCUT2D eigenvalue weighted by molar-refractivity contribution is 5.70. The molecule has 108 valence electrons. The molecule has 2 heterocycles. The molecule has 2 aromatic rings. The molecule has 0 saturated carbocycles. The molecule has 1 N–H and O–H groups in total. The van der Waals surface area contributed by atoms with Crippen LogP contribution in [-0.2, 0) is 6.42 Å². The Morgan fingerprint density at radius 3 is 2.95 bits per heavy atom. The Morgan fingerprint density at radius 2 is 2.05 bits per heavy atom. The second-order valence-corrected chi connectivity index (χ2v) is 5.79. The van der Waals surface area contributed by atoms with E-state index in [1.165, 1.54) is 33.5 Å². The van der Waals surface area contributed by atoms with Crippen molar-refractivity contribution in [3.63, 3.8) is 0 Å². The van der Waals surface area contributed by atoms with Gasteiger partial charge in [0.05, 0.1) is 0 Å². The lowest BCUT2D eigenvalue weighted by Crippen LogP contribution is -2.14. The summed E-state index contributed by atoms with van der Waals surface area (Å²) in [4.78, 5) is 4.73. The number of aryl methyl sites for hydroxylation is 3. The number of nitrogens with zero attached hydrogens (tertiary/aromatic N) is 1. The van der Waals surface area contributed by atoms with E-state index < -0.39 is 0 Å². The van der Waals surface area contributed by atoms with Crippen molar-refractivity contribution >= 4 is 6.08 Å². The molecule has 0 amide bonds. The summed E-state index contributed by atoms with van der Waals surface area (Å²) < 4.78 is 0. The summed E-state index contributed by atoms with van der Waals surface area (Å²) in [6.07, 6.45) is 8.61. The first-order valence-electron chi connectivity index (χ1n) is 7.68. The van der Waals surface area contributed by atoms with Crippen molar-refractivity contribution in [2.24, 2.45) is 0 Å². The van der Waals surface area contributed by atoms with E-state index in [4.69, 9.17) is 4.98 Å². The molecule has 0 fully saturated rings. The molecule has 2 nitrogen and oxygen atoms in total. The molecule has 0 aliphatic carbocycles. The third-order valence-electron chi connectivity index (χ3n) is 4.03. The van der Waals surface area contributed by atoms with Crippen LogP contribution in [0.15, 0.2) is 36.5 Å². The lowest BCUT2D eigenvalue weighted by molar-refractivity contribution is 0.689. The van der Waals surface area contributed by atoms with Crippen molar-refractivity contribution in [1.82, 2.24) is 10.3 Å². The number of nitrogens with one attached hydrogen (secondary N) is 1. The summed E-state index contributed by atoms with van der Waals surface area (Å²) in [5.41, 5.74) is 7.57. The molecule has 0 unspecified atom stereocenters. The predicted molar refractivity (Wildman–Crippen MR) is 89.4 cm³/mol. The molecule has 0 saturated heterocycles. The zero-order valence-corrected chi connectivity index (χ0v) is 12.8. The Morgan fingerprint density at radius 1 is 1.14 bits per heavy atom. The predicted octanol–water partition coefficient (Wildman–Crippen LogP) is 3.91. The van der Waals surface area contributed by atoms with Gasteiger partial charge in [-0.1, -0.05) is 35.9 Å². The van der Waals surface area contributed by atoms with Crippen molar-refractivity contribution in [1.29, 1.82) is 0 Å². The minimum Gasteiger partial charge on any atom is -0.313 e. The fourth-order valence-corrected chi connectivity index (χ4v) is 2.81. The topological polar surface area (TPSA) is 24.9 Å². The highest BCUT2D eigenvalue weighted by Crippen LogP contribution is 2.26. The maximum absolute atomic E-state index is 4.73. The van der Waals surface area contributed by atoms with Gasteiger partial charge in [-0.3, -0.25) is 4.98 Å². The van der Waals surface area contributed by atoms with Gasteiger partial charge in [-0.25, -0.2) is 0 Å². The molecule has 0 bridgehead atoms. The summed E-state index contributed by atoms with van der Waals surface area (Å²) in [5.74, 6) is 0. The van der Waals surface area contributed by atoms with Gasteiger partial charge >= 0.3 is 0 Å². The van der Waals surface area contributed by atoms with E-state index in [1.807, 2.05) is 6.20 Å². The third-order valence-corrected chi connectivity index (χ3v) is 4.03. The number of pyridine rings is 1. The minimum absolute atomic E-state index is 0.938. The zero-order valence-electron chi connectivity index (χ0n) is 12.8. The molecule has 0 atom stereocenters. The Kier molecular flexibility index (Phi) is 4.16. The number of aromatic nitrogens is 1.